The minimum absolute atomic E-state index is 0.0628. The molecule has 5 nitrogen and oxygen atoms in total. The van der Waals surface area contributed by atoms with Crippen LogP contribution in [0.25, 0.3) is 0 Å². The number of carbonyl (C=O) groups is 1. The molecule has 3 rings (SSSR count). The highest BCUT2D eigenvalue weighted by molar-refractivity contribution is 7.99. The molecule has 23 heavy (non-hydrogen) atoms. The van der Waals surface area contributed by atoms with Crippen molar-refractivity contribution in [1.29, 1.82) is 0 Å². The van der Waals surface area contributed by atoms with Crippen LogP contribution in [0.5, 0.6) is 0 Å². The molecule has 0 N–H and O–H groups in total. The SMILES string of the molecule is CC(C)c1cc(C(=O)N2CCSCC2)nc(N2CCCCC2)n1. The maximum absolute atomic E-state index is 12.8. The Labute approximate surface area is 142 Å². The summed E-state index contributed by atoms with van der Waals surface area (Å²) in [4.78, 5) is 26.3. The van der Waals surface area contributed by atoms with Crippen molar-refractivity contribution in [2.45, 2.75) is 39.0 Å². The average Bonchev–Trinajstić information content (AvgIpc) is 2.62. The molecule has 2 saturated heterocycles. The predicted molar refractivity (Wildman–Crippen MR) is 95.4 cm³/mol. The van der Waals surface area contributed by atoms with Crippen LogP contribution in [0.2, 0.25) is 0 Å². The third-order valence-corrected chi connectivity index (χ3v) is 5.42. The van der Waals surface area contributed by atoms with Gasteiger partial charge in [0.05, 0.1) is 0 Å². The molecule has 126 valence electrons. The molecule has 0 spiro atoms. The number of carbonyl (C=O) groups excluding carboxylic acids is 1. The largest absolute Gasteiger partial charge is 0.341 e. The van der Waals surface area contributed by atoms with Crippen LogP contribution in [0, 0.1) is 0 Å². The Hall–Kier alpha value is -1.30. The lowest BCUT2D eigenvalue weighted by atomic mass is 10.1. The number of piperidine rings is 1. The van der Waals surface area contributed by atoms with Gasteiger partial charge in [0.1, 0.15) is 5.69 Å². The molecule has 0 unspecified atom stereocenters. The molecule has 0 bridgehead atoms. The van der Waals surface area contributed by atoms with E-state index in [9.17, 15) is 4.79 Å². The van der Waals surface area contributed by atoms with Gasteiger partial charge in [0.25, 0.3) is 5.91 Å². The zero-order valence-corrected chi connectivity index (χ0v) is 14.9. The Morgan fingerprint density at radius 1 is 1.09 bits per heavy atom. The smallest absolute Gasteiger partial charge is 0.272 e. The Balaban J connectivity index is 1.88. The van der Waals surface area contributed by atoms with E-state index in [0.29, 0.717) is 11.6 Å². The van der Waals surface area contributed by atoms with E-state index in [0.717, 1.165) is 49.3 Å². The van der Waals surface area contributed by atoms with Crippen molar-refractivity contribution in [2.75, 3.05) is 42.6 Å². The maximum Gasteiger partial charge on any atom is 0.272 e. The summed E-state index contributed by atoms with van der Waals surface area (Å²) in [5.41, 5.74) is 1.53. The monoisotopic (exact) mass is 334 g/mol. The fourth-order valence-corrected chi connectivity index (χ4v) is 3.93. The van der Waals surface area contributed by atoms with E-state index in [-0.39, 0.29) is 5.91 Å². The van der Waals surface area contributed by atoms with E-state index in [1.807, 2.05) is 22.7 Å². The van der Waals surface area contributed by atoms with E-state index in [2.05, 4.69) is 23.7 Å². The summed E-state index contributed by atoms with van der Waals surface area (Å²) in [6, 6.07) is 1.89. The van der Waals surface area contributed by atoms with Gasteiger partial charge in [0.2, 0.25) is 5.95 Å². The molecule has 0 saturated carbocycles. The molecule has 0 aromatic carbocycles. The second-order valence-corrected chi connectivity index (χ2v) is 7.81. The lowest BCUT2D eigenvalue weighted by Crippen LogP contribution is -2.39. The molecule has 1 aromatic heterocycles. The van der Waals surface area contributed by atoms with Crippen LogP contribution in [0.15, 0.2) is 6.07 Å². The number of hydrogen-bond donors (Lipinski definition) is 0. The minimum Gasteiger partial charge on any atom is -0.341 e. The van der Waals surface area contributed by atoms with Gasteiger partial charge in [-0.2, -0.15) is 11.8 Å². The van der Waals surface area contributed by atoms with Gasteiger partial charge in [-0.25, -0.2) is 9.97 Å². The number of thioether (sulfide) groups is 1. The zero-order chi connectivity index (χ0) is 16.2. The highest BCUT2D eigenvalue weighted by Crippen LogP contribution is 2.21. The first-order valence-corrected chi connectivity index (χ1v) is 9.81. The molecule has 2 fully saturated rings. The summed E-state index contributed by atoms with van der Waals surface area (Å²) in [6.45, 7) is 7.88. The lowest BCUT2D eigenvalue weighted by molar-refractivity contribution is 0.0766. The van der Waals surface area contributed by atoms with Crippen LogP contribution in [-0.2, 0) is 0 Å². The topological polar surface area (TPSA) is 49.3 Å². The van der Waals surface area contributed by atoms with Crippen LogP contribution >= 0.6 is 11.8 Å². The fraction of sp³-hybridized carbons (Fsp3) is 0.706. The quantitative estimate of drug-likeness (QED) is 0.851. The zero-order valence-electron chi connectivity index (χ0n) is 14.1. The molecule has 0 radical (unpaired) electrons. The van der Waals surface area contributed by atoms with Crippen LogP contribution in [0.1, 0.15) is 55.2 Å². The van der Waals surface area contributed by atoms with Gasteiger partial charge in [-0.15, -0.1) is 0 Å². The van der Waals surface area contributed by atoms with E-state index in [1.54, 1.807) is 0 Å². The first-order valence-electron chi connectivity index (χ1n) is 8.66. The van der Waals surface area contributed by atoms with Crippen LogP contribution in [0.3, 0.4) is 0 Å². The van der Waals surface area contributed by atoms with Crippen LogP contribution in [-0.4, -0.2) is 58.5 Å². The van der Waals surface area contributed by atoms with Crippen molar-refractivity contribution in [3.63, 3.8) is 0 Å². The lowest BCUT2D eigenvalue weighted by Gasteiger charge is -2.29. The molecular weight excluding hydrogens is 308 g/mol. The van der Waals surface area contributed by atoms with Gasteiger partial charge in [-0.3, -0.25) is 4.79 Å². The maximum atomic E-state index is 12.8. The van der Waals surface area contributed by atoms with Crippen molar-refractivity contribution in [3.05, 3.63) is 17.5 Å². The summed E-state index contributed by atoms with van der Waals surface area (Å²) in [5.74, 6) is 3.14. The van der Waals surface area contributed by atoms with Gasteiger partial charge in [0.15, 0.2) is 0 Å². The molecule has 3 heterocycles. The molecule has 2 aliphatic heterocycles. The second-order valence-electron chi connectivity index (χ2n) is 6.59. The fourth-order valence-electron chi connectivity index (χ4n) is 3.02. The molecule has 2 aliphatic rings. The summed E-state index contributed by atoms with van der Waals surface area (Å²) < 4.78 is 0. The summed E-state index contributed by atoms with van der Waals surface area (Å²) >= 11 is 1.91. The summed E-state index contributed by atoms with van der Waals surface area (Å²) in [5, 5.41) is 0. The first kappa shape index (κ1) is 16.6. The first-order chi connectivity index (χ1) is 11.1. The van der Waals surface area contributed by atoms with Gasteiger partial charge in [0, 0.05) is 43.4 Å². The molecule has 1 aromatic rings. The van der Waals surface area contributed by atoms with Gasteiger partial charge >= 0.3 is 0 Å². The summed E-state index contributed by atoms with van der Waals surface area (Å²) in [7, 11) is 0. The van der Waals surface area contributed by atoms with E-state index in [1.165, 1.54) is 19.3 Å². The van der Waals surface area contributed by atoms with Crippen LogP contribution < -0.4 is 4.90 Å². The van der Waals surface area contributed by atoms with Gasteiger partial charge < -0.3 is 9.80 Å². The Kier molecular flexibility index (Phi) is 5.41. The Bertz CT molecular complexity index is 552. The average molecular weight is 334 g/mol. The number of anilines is 1. The number of hydrogen-bond acceptors (Lipinski definition) is 5. The third-order valence-electron chi connectivity index (χ3n) is 4.48. The van der Waals surface area contributed by atoms with Crippen molar-refractivity contribution in [1.82, 2.24) is 14.9 Å². The number of aromatic nitrogens is 2. The number of rotatable bonds is 3. The Morgan fingerprint density at radius 3 is 2.43 bits per heavy atom. The van der Waals surface area contributed by atoms with Gasteiger partial charge in [-0.1, -0.05) is 13.8 Å². The van der Waals surface area contributed by atoms with Crippen molar-refractivity contribution in [3.8, 4) is 0 Å². The molecule has 0 aliphatic carbocycles. The number of nitrogens with zero attached hydrogens (tertiary/aromatic N) is 4. The van der Waals surface area contributed by atoms with E-state index in [4.69, 9.17) is 4.98 Å². The molecule has 1 amide bonds. The number of amides is 1. The molecule has 0 atom stereocenters. The molecule has 6 heteroatoms. The second kappa shape index (κ2) is 7.51. The standard InChI is InChI=1S/C17H26N4OS/c1-13(2)14-12-15(16(22)20-8-10-23-11-9-20)19-17(18-14)21-6-4-3-5-7-21/h12-13H,3-11H2,1-2H3. The highest BCUT2D eigenvalue weighted by atomic mass is 32.2. The minimum atomic E-state index is 0.0628. The Morgan fingerprint density at radius 2 is 1.78 bits per heavy atom. The van der Waals surface area contributed by atoms with Gasteiger partial charge in [-0.05, 0) is 31.2 Å². The molecular formula is C17H26N4OS. The van der Waals surface area contributed by atoms with Crippen molar-refractivity contribution < 1.29 is 4.79 Å². The van der Waals surface area contributed by atoms with E-state index >= 15 is 0 Å². The normalized spacial score (nSPS) is 19.3. The van der Waals surface area contributed by atoms with Crippen molar-refractivity contribution in [2.24, 2.45) is 0 Å². The highest BCUT2D eigenvalue weighted by Gasteiger charge is 2.23. The summed E-state index contributed by atoms with van der Waals surface area (Å²) in [6.07, 6.45) is 3.64. The predicted octanol–water partition coefficient (Wildman–Crippen LogP) is 2.78. The van der Waals surface area contributed by atoms with Crippen LogP contribution in [0.4, 0.5) is 5.95 Å². The van der Waals surface area contributed by atoms with E-state index < -0.39 is 0 Å². The third kappa shape index (κ3) is 3.97. The van der Waals surface area contributed by atoms with Crippen molar-refractivity contribution >= 4 is 23.6 Å².